The molecule has 70 valence electrons. The predicted octanol–water partition coefficient (Wildman–Crippen LogP) is 2.67. The van der Waals surface area contributed by atoms with Gasteiger partial charge in [-0.25, -0.2) is 0 Å². The van der Waals surface area contributed by atoms with Crippen LogP contribution in [0.5, 0.6) is 0 Å². The highest BCUT2D eigenvalue weighted by molar-refractivity contribution is 14.1. The van der Waals surface area contributed by atoms with Gasteiger partial charge in [-0.3, -0.25) is 4.99 Å². The molecule has 0 aromatic heterocycles. The molecular formula is C9H17IN2. The lowest BCUT2D eigenvalue weighted by atomic mass is 10.2. The summed E-state index contributed by atoms with van der Waals surface area (Å²) in [5, 5.41) is 0. The summed E-state index contributed by atoms with van der Waals surface area (Å²) in [7, 11) is 0. The summed E-state index contributed by atoms with van der Waals surface area (Å²) >= 11 is 2.31. The molecule has 0 bridgehead atoms. The average Bonchev–Trinajstić information content (AvgIpc) is 2.30. The Labute approximate surface area is 88.6 Å². The first-order valence-electron chi connectivity index (χ1n) is 4.72. The van der Waals surface area contributed by atoms with Crippen LogP contribution in [-0.2, 0) is 0 Å². The first-order valence-corrected chi connectivity index (χ1v) is 6.25. The Hall–Kier alpha value is 0.200. The molecule has 1 saturated heterocycles. The lowest BCUT2D eigenvalue weighted by Gasteiger charge is -2.21. The van der Waals surface area contributed by atoms with E-state index in [4.69, 9.17) is 0 Å². The Morgan fingerprint density at radius 3 is 2.92 bits per heavy atom. The Kier molecular flexibility index (Phi) is 4.95. The van der Waals surface area contributed by atoms with E-state index in [0.717, 1.165) is 11.1 Å². The van der Waals surface area contributed by atoms with E-state index in [1.54, 1.807) is 0 Å². The van der Waals surface area contributed by atoms with E-state index in [0.29, 0.717) is 0 Å². The molecule has 3 heteroatoms. The second-order valence-corrected chi connectivity index (χ2v) is 3.77. The number of amidine groups is 1. The first-order chi connectivity index (χ1) is 5.88. The highest BCUT2D eigenvalue weighted by atomic mass is 127. The number of alkyl halides is 1. The van der Waals surface area contributed by atoms with Crippen LogP contribution in [0.25, 0.3) is 0 Å². The van der Waals surface area contributed by atoms with Gasteiger partial charge in [-0.1, -0.05) is 29.0 Å². The predicted molar refractivity (Wildman–Crippen MR) is 62.0 cm³/mol. The van der Waals surface area contributed by atoms with Crippen LogP contribution < -0.4 is 0 Å². The molecule has 0 aromatic carbocycles. The molecule has 0 amide bonds. The molecular weight excluding hydrogens is 263 g/mol. The third-order valence-corrected chi connectivity index (χ3v) is 2.66. The van der Waals surface area contributed by atoms with Gasteiger partial charge >= 0.3 is 0 Å². The molecule has 0 aliphatic carbocycles. The van der Waals surface area contributed by atoms with Gasteiger partial charge in [0.05, 0.1) is 10.4 Å². The van der Waals surface area contributed by atoms with Crippen LogP contribution >= 0.6 is 22.6 Å². The molecule has 0 saturated carbocycles. The summed E-state index contributed by atoms with van der Waals surface area (Å²) in [4.78, 5) is 6.95. The fourth-order valence-electron chi connectivity index (χ4n) is 1.64. The fourth-order valence-corrected chi connectivity index (χ4v) is 2.03. The Morgan fingerprint density at radius 2 is 2.25 bits per heavy atom. The molecule has 0 atom stereocenters. The molecule has 0 unspecified atom stereocenters. The molecule has 0 spiro atoms. The zero-order valence-corrected chi connectivity index (χ0v) is 9.88. The van der Waals surface area contributed by atoms with Crippen molar-refractivity contribution in [3.05, 3.63) is 0 Å². The first kappa shape index (κ1) is 10.3. The van der Waals surface area contributed by atoms with Gasteiger partial charge in [0, 0.05) is 19.5 Å². The normalized spacial score (nSPS) is 22.8. The molecule has 0 aromatic rings. The maximum absolute atomic E-state index is 4.53. The molecule has 1 aliphatic heterocycles. The van der Waals surface area contributed by atoms with Crippen molar-refractivity contribution < 1.29 is 0 Å². The van der Waals surface area contributed by atoms with Crippen molar-refractivity contribution in [1.29, 1.82) is 0 Å². The zero-order valence-electron chi connectivity index (χ0n) is 7.72. The number of hydrogen-bond donors (Lipinski definition) is 0. The second kappa shape index (κ2) is 5.78. The van der Waals surface area contributed by atoms with Crippen molar-refractivity contribution in [3.8, 4) is 0 Å². The molecule has 2 nitrogen and oxygen atoms in total. The van der Waals surface area contributed by atoms with E-state index in [1.165, 1.54) is 38.1 Å². The zero-order chi connectivity index (χ0) is 8.81. The summed E-state index contributed by atoms with van der Waals surface area (Å²) in [5.41, 5.74) is 0. The Morgan fingerprint density at radius 1 is 1.42 bits per heavy atom. The Bertz CT molecular complexity index is 157. The van der Waals surface area contributed by atoms with Crippen molar-refractivity contribution in [2.75, 3.05) is 17.6 Å². The van der Waals surface area contributed by atoms with Crippen LogP contribution in [-0.4, -0.2) is 28.4 Å². The van der Waals surface area contributed by atoms with Gasteiger partial charge < -0.3 is 4.90 Å². The minimum Gasteiger partial charge on any atom is -0.361 e. The number of hydrogen-bond acceptors (Lipinski definition) is 1. The van der Waals surface area contributed by atoms with Gasteiger partial charge in [0.2, 0.25) is 0 Å². The summed E-state index contributed by atoms with van der Waals surface area (Å²) in [6.45, 7) is 4.55. The highest BCUT2D eigenvalue weighted by Gasteiger charge is 2.11. The van der Waals surface area contributed by atoms with E-state index >= 15 is 0 Å². The monoisotopic (exact) mass is 280 g/mol. The van der Waals surface area contributed by atoms with Crippen LogP contribution in [0.1, 0.15) is 32.6 Å². The number of halogens is 1. The second-order valence-electron chi connectivity index (χ2n) is 3.08. The SMILES string of the molecule is CCN1CCCCC/C1=N/CI. The number of nitrogens with zero attached hydrogens (tertiary/aromatic N) is 2. The number of rotatable bonds is 2. The van der Waals surface area contributed by atoms with Crippen LogP contribution in [0.3, 0.4) is 0 Å². The largest absolute Gasteiger partial charge is 0.361 e. The summed E-state index contributed by atoms with van der Waals surface area (Å²) in [6, 6.07) is 0. The molecule has 12 heavy (non-hydrogen) atoms. The van der Waals surface area contributed by atoms with Crippen LogP contribution in [0.4, 0.5) is 0 Å². The van der Waals surface area contributed by atoms with Gasteiger partial charge in [0.1, 0.15) is 0 Å². The van der Waals surface area contributed by atoms with Gasteiger partial charge in [-0.05, 0) is 19.8 Å². The minimum absolute atomic E-state index is 0.906. The van der Waals surface area contributed by atoms with Crippen LogP contribution in [0.2, 0.25) is 0 Å². The number of aliphatic imine (C=N–C) groups is 1. The molecule has 1 heterocycles. The van der Waals surface area contributed by atoms with Crippen molar-refractivity contribution in [3.63, 3.8) is 0 Å². The summed E-state index contributed by atoms with van der Waals surface area (Å²) in [6.07, 6.45) is 5.23. The van der Waals surface area contributed by atoms with Gasteiger partial charge in [-0.2, -0.15) is 0 Å². The van der Waals surface area contributed by atoms with Gasteiger partial charge in [0.25, 0.3) is 0 Å². The van der Waals surface area contributed by atoms with Gasteiger partial charge in [-0.15, -0.1) is 0 Å². The van der Waals surface area contributed by atoms with Crippen LogP contribution in [0.15, 0.2) is 4.99 Å². The third kappa shape index (κ3) is 2.92. The maximum Gasteiger partial charge on any atom is 0.0998 e. The maximum atomic E-state index is 4.53. The van der Waals surface area contributed by atoms with Crippen molar-refractivity contribution in [2.45, 2.75) is 32.6 Å². The fraction of sp³-hybridized carbons (Fsp3) is 0.889. The lowest BCUT2D eigenvalue weighted by Crippen LogP contribution is -2.30. The third-order valence-electron chi connectivity index (χ3n) is 2.32. The topological polar surface area (TPSA) is 15.6 Å². The quantitative estimate of drug-likeness (QED) is 0.431. The molecule has 1 rings (SSSR count). The smallest absolute Gasteiger partial charge is 0.0998 e. The van der Waals surface area contributed by atoms with E-state index in [2.05, 4.69) is 39.4 Å². The number of likely N-dealkylation sites (tertiary alicyclic amines) is 1. The molecule has 1 aliphatic rings. The van der Waals surface area contributed by atoms with Gasteiger partial charge in [0.15, 0.2) is 0 Å². The standard InChI is InChI=1S/C9H17IN2/c1-2-12-7-5-3-4-6-9(12)11-8-10/h2-8H2,1H3/b11-9-. The molecule has 0 N–H and O–H groups in total. The van der Waals surface area contributed by atoms with Crippen molar-refractivity contribution >= 4 is 28.4 Å². The highest BCUT2D eigenvalue weighted by Crippen LogP contribution is 2.12. The van der Waals surface area contributed by atoms with E-state index in [-0.39, 0.29) is 0 Å². The Balaban J connectivity index is 2.57. The van der Waals surface area contributed by atoms with E-state index in [1.807, 2.05) is 0 Å². The molecule has 0 radical (unpaired) electrons. The van der Waals surface area contributed by atoms with Crippen molar-refractivity contribution in [1.82, 2.24) is 4.90 Å². The summed E-state index contributed by atoms with van der Waals surface area (Å²) in [5.74, 6) is 1.34. The van der Waals surface area contributed by atoms with Crippen molar-refractivity contribution in [2.24, 2.45) is 4.99 Å². The molecule has 1 fully saturated rings. The van der Waals surface area contributed by atoms with E-state index < -0.39 is 0 Å². The summed E-state index contributed by atoms with van der Waals surface area (Å²) < 4.78 is 0.906. The average molecular weight is 280 g/mol. The van der Waals surface area contributed by atoms with Crippen LogP contribution in [0, 0.1) is 0 Å². The lowest BCUT2D eigenvalue weighted by molar-refractivity contribution is 0.435. The minimum atomic E-state index is 0.906. The van der Waals surface area contributed by atoms with E-state index in [9.17, 15) is 0 Å².